The number of hydrogen-bond donors (Lipinski definition) is 0. The Kier molecular flexibility index (Phi) is 8.57. The minimum absolute atomic E-state index is 0.0756. The summed E-state index contributed by atoms with van der Waals surface area (Å²) >= 11 is 6.21. The van der Waals surface area contributed by atoms with Crippen molar-refractivity contribution in [3.05, 3.63) is 40.3 Å². The predicted octanol–water partition coefficient (Wildman–Crippen LogP) is 4.30. The van der Waals surface area contributed by atoms with Crippen LogP contribution in [-0.4, -0.2) is 49.9 Å². The second-order valence-electron chi connectivity index (χ2n) is 8.18. The molecule has 0 spiro atoms. The Morgan fingerprint density at radius 1 is 1.22 bits per heavy atom. The highest BCUT2D eigenvalue weighted by Crippen LogP contribution is 2.36. The third-order valence-corrected chi connectivity index (χ3v) is 6.31. The van der Waals surface area contributed by atoms with Crippen LogP contribution in [0.15, 0.2) is 24.2 Å². The highest BCUT2D eigenvalue weighted by atomic mass is 35.5. The maximum atomic E-state index is 13.0. The van der Waals surface area contributed by atoms with Crippen molar-refractivity contribution >= 4 is 23.4 Å². The Morgan fingerprint density at radius 3 is 2.62 bits per heavy atom. The lowest BCUT2D eigenvalue weighted by atomic mass is 9.80. The van der Waals surface area contributed by atoms with Crippen molar-refractivity contribution in [3.8, 4) is 5.75 Å². The minimum atomic E-state index is -0.691. The average molecular weight is 467 g/mol. The molecule has 0 N–H and O–H groups in total. The normalized spacial score (nSPS) is 23.6. The van der Waals surface area contributed by atoms with E-state index in [1.54, 1.807) is 19.1 Å². The quantitative estimate of drug-likeness (QED) is 0.396. The summed E-state index contributed by atoms with van der Waals surface area (Å²) in [6, 6.07) is 3.60. The number of carbonyl (C=O) groups excluding carboxylic acids is 2. The third-order valence-electron chi connectivity index (χ3n) is 5.72. The number of rotatable bonds is 9. The molecule has 4 unspecified atom stereocenters. The topological polar surface area (TPSA) is 80.3 Å². The second-order valence-corrected chi connectivity index (χ2v) is 8.56. The first-order valence-electron chi connectivity index (χ1n) is 11.0. The van der Waals surface area contributed by atoms with E-state index in [-0.39, 0.29) is 36.3 Å². The van der Waals surface area contributed by atoms with Gasteiger partial charge in [-0.15, -0.1) is 0 Å². The lowest BCUT2D eigenvalue weighted by Crippen LogP contribution is -2.43. The van der Waals surface area contributed by atoms with E-state index < -0.39 is 12.1 Å². The van der Waals surface area contributed by atoms with Crippen molar-refractivity contribution in [2.45, 2.75) is 65.3 Å². The summed E-state index contributed by atoms with van der Waals surface area (Å²) in [6.07, 6.45) is 1.98. The molecule has 8 heteroatoms. The van der Waals surface area contributed by atoms with Gasteiger partial charge in [0.05, 0.1) is 18.6 Å². The molecule has 1 aromatic rings. The molecule has 4 atom stereocenters. The number of allylic oxidation sites excluding steroid dienone is 1. The fourth-order valence-corrected chi connectivity index (χ4v) is 4.14. The van der Waals surface area contributed by atoms with E-state index in [9.17, 15) is 9.59 Å². The Balaban J connectivity index is 1.54. The molecule has 1 heterocycles. The number of fused-ring (bicyclic) bond motifs is 1. The van der Waals surface area contributed by atoms with E-state index >= 15 is 0 Å². The van der Waals surface area contributed by atoms with Crippen LogP contribution >= 0.6 is 11.6 Å². The Bertz CT molecular complexity index is 843. The molecule has 0 amide bonds. The molecule has 0 saturated heterocycles. The summed E-state index contributed by atoms with van der Waals surface area (Å²) in [7, 11) is 0. The Morgan fingerprint density at radius 2 is 1.94 bits per heavy atom. The summed E-state index contributed by atoms with van der Waals surface area (Å²) in [5.74, 6) is -0.0412. The van der Waals surface area contributed by atoms with E-state index in [0.717, 1.165) is 11.1 Å². The SMILES string of the molecule is CCOCCOC(=O)C(C)OC1CCC2C(=O)C(Oc3cc(C)c(Cl)c(C)c3)=COC2C1. The van der Waals surface area contributed by atoms with Crippen LogP contribution in [0.1, 0.15) is 44.2 Å². The highest BCUT2D eigenvalue weighted by Gasteiger charge is 2.42. The number of halogens is 1. The van der Waals surface area contributed by atoms with Gasteiger partial charge in [0.2, 0.25) is 11.5 Å². The van der Waals surface area contributed by atoms with Gasteiger partial charge in [0.25, 0.3) is 0 Å². The summed E-state index contributed by atoms with van der Waals surface area (Å²) in [5.41, 5.74) is 1.76. The molecule has 7 nitrogen and oxygen atoms in total. The molecule has 1 aromatic carbocycles. The maximum Gasteiger partial charge on any atom is 0.335 e. The largest absolute Gasteiger partial charge is 0.493 e. The van der Waals surface area contributed by atoms with E-state index in [0.29, 0.717) is 43.2 Å². The van der Waals surface area contributed by atoms with Crippen LogP contribution in [0.3, 0.4) is 0 Å². The van der Waals surface area contributed by atoms with Crippen LogP contribution in [0.25, 0.3) is 0 Å². The van der Waals surface area contributed by atoms with Crippen molar-refractivity contribution < 1.29 is 33.3 Å². The molecule has 0 aromatic heterocycles. The van der Waals surface area contributed by atoms with E-state index in [2.05, 4.69) is 0 Å². The van der Waals surface area contributed by atoms with Crippen molar-refractivity contribution in [2.24, 2.45) is 5.92 Å². The van der Waals surface area contributed by atoms with Gasteiger partial charge in [-0.2, -0.15) is 0 Å². The first-order chi connectivity index (χ1) is 15.3. The monoisotopic (exact) mass is 466 g/mol. The van der Waals surface area contributed by atoms with E-state index in [1.165, 1.54) is 6.26 Å². The van der Waals surface area contributed by atoms with Gasteiger partial charge in [0.15, 0.2) is 6.10 Å². The van der Waals surface area contributed by atoms with Gasteiger partial charge in [0, 0.05) is 18.1 Å². The van der Waals surface area contributed by atoms with Crippen molar-refractivity contribution in [1.82, 2.24) is 0 Å². The smallest absolute Gasteiger partial charge is 0.335 e. The number of ketones is 1. The van der Waals surface area contributed by atoms with Gasteiger partial charge >= 0.3 is 5.97 Å². The molecule has 1 saturated carbocycles. The van der Waals surface area contributed by atoms with Gasteiger partial charge < -0.3 is 23.7 Å². The number of ether oxygens (including phenoxy) is 5. The summed E-state index contributed by atoms with van der Waals surface area (Å²) in [6.45, 7) is 8.48. The molecule has 32 heavy (non-hydrogen) atoms. The number of carbonyl (C=O) groups is 2. The van der Waals surface area contributed by atoms with Crippen LogP contribution in [0, 0.1) is 19.8 Å². The van der Waals surface area contributed by atoms with Gasteiger partial charge in [-0.05, 0) is 63.8 Å². The molecule has 1 aliphatic carbocycles. The van der Waals surface area contributed by atoms with Crippen LogP contribution < -0.4 is 4.74 Å². The zero-order valence-electron chi connectivity index (χ0n) is 19.0. The van der Waals surface area contributed by atoms with Crippen LogP contribution in [0.4, 0.5) is 0 Å². The van der Waals surface area contributed by atoms with Crippen molar-refractivity contribution in [1.29, 1.82) is 0 Å². The number of hydrogen-bond acceptors (Lipinski definition) is 7. The van der Waals surface area contributed by atoms with Crippen LogP contribution in [0.2, 0.25) is 5.02 Å². The number of esters is 1. The molecule has 3 rings (SSSR count). The van der Waals surface area contributed by atoms with Crippen LogP contribution in [-0.2, 0) is 28.5 Å². The summed E-state index contributed by atoms with van der Waals surface area (Å²) in [4.78, 5) is 25.1. The zero-order chi connectivity index (χ0) is 23.3. The van der Waals surface area contributed by atoms with E-state index in [4.69, 9.17) is 35.3 Å². The van der Waals surface area contributed by atoms with Crippen molar-refractivity contribution in [3.63, 3.8) is 0 Å². The second kappa shape index (κ2) is 11.2. The van der Waals surface area contributed by atoms with Gasteiger partial charge in [0.1, 0.15) is 24.7 Å². The molecule has 1 aliphatic heterocycles. The maximum absolute atomic E-state index is 13.0. The highest BCUT2D eigenvalue weighted by molar-refractivity contribution is 6.32. The molecule has 1 fully saturated rings. The number of aryl methyl sites for hydroxylation is 2. The summed E-state index contributed by atoms with van der Waals surface area (Å²) < 4.78 is 27.9. The van der Waals surface area contributed by atoms with Crippen molar-refractivity contribution in [2.75, 3.05) is 19.8 Å². The Labute approximate surface area is 193 Å². The molecule has 176 valence electrons. The fraction of sp³-hybridized carbons (Fsp3) is 0.583. The van der Waals surface area contributed by atoms with Gasteiger partial charge in [-0.1, -0.05) is 11.6 Å². The minimum Gasteiger partial charge on any atom is -0.493 e. The number of benzene rings is 1. The standard InChI is InChI=1S/C24H31ClO7/c1-5-28-8-9-29-24(27)16(4)31-17-6-7-19-20(12-17)30-13-21(23(19)26)32-18-10-14(2)22(25)15(3)11-18/h10-11,13,16-17,19-20H,5-9,12H2,1-4H3. The fourth-order valence-electron chi connectivity index (χ4n) is 4.03. The van der Waals surface area contributed by atoms with Gasteiger partial charge in [-0.25, -0.2) is 4.79 Å². The van der Waals surface area contributed by atoms with E-state index in [1.807, 2.05) is 20.8 Å². The lowest BCUT2D eigenvalue weighted by Gasteiger charge is -2.37. The first kappa shape index (κ1) is 24.6. The summed E-state index contributed by atoms with van der Waals surface area (Å²) in [5, 5.41) is 0.684. The average Bonchev–Trinajstić information content (AvgIpc) is 2.76. The molecule has 0 bridgehead atoms. The predicted molar refractivity (Wildman–Crippen MR) is 119 cm³/mol. The molecule has 0 radical (unpaired) electrons. The van der Waals surface area contributed by atoms with Crippen LogP contribution in [0.5, 0.6) is 5.75 Å². The molecular formula is C24H31ClO7. The van der Waals surface area contributed by atoms with Gasteiger partial charge in [-0.3, -0.25) is 4.79 Å². The molecule has 2 aliphatic rings. The molecular weight excluding hydrogens is 436 g/mol. The first-order valence-corrected chi connectivity index (χ1v) is 11.4. The number of Topliss-reactive ketones (excluding diaryl/α,β-unsaturated/α-hetero) is 1. The third kappa shape index (κ3) is 6.03. The lowest BCUT2D eigenvalue weighted by molar-refractivity contribution is -0.165. The Hall–Kier alpha value is -2.09. The zero-order valence-corrected chi connectivity index (χ0v) is 19.8.